The normalized spacial score (nSPS) is 15.9. The molecule has 1 N–H and O–H groups in total. The van der Waals surface area contributed by atoms with Crippen LogP contribution in [0.4, 0.5) is 13.2 Å². The maximum Gasteiger partial charge on any atom is 0.502 e. The van der Waals surface area contributed by atoms with Crippen LogP contribution in [0.15, 0.2) is 18.2 Å². The summed E-state index contributed by atoms with van der Waals surface area (Å²) in [6.07, 6.45) is -3.73. The van der Waals surface area contributed by atoms with E-state index in [4.69, 9.17) is 9.84 Å². The van der Waals surface area contributed by atoms with Gasteiger partial charge in [0, 0.05) is 12.8 Å². The largest absolute Gasteiger partial charge is 0.502 e. The van der Waals surface area contributed by atoms with Crippen molar-refractivity contribution in [3.05, 3.63) is 29.6 Å². The van der Waals surface area contributed by atoms with Crippen molar-refractivity contribution in [1.82, 2.24) is 0 Å². The van der Waals surface area contributed by atoms with E-state index in [2.05, 4.69) is 4.74 Å². The SMILES string of the molecule is O=C1CCC(OC(=O)c2ccc(OC(F)(F)C(=O)O)c(F)c2)CC1. The van der Waals surface area contributed by atoms with E-state index in [0.29, 0.717) is 37.8 Å². The molecule has 9 heteroatoms. The lowest BCUT2D eigenvalue weighted by Crippen LogP contribution is -2.35. The van der Waals surface area contributed by atoms with Gasteiger partial charge in [-0.3, -0.25) is 4.79 Å². The van der Waals surface area contributed by atoms with Crippen LogP contribution >= 0.6 is 0 Å². The molecule has 0 saturated heterocycles. The van der Waals surface area contributed by atoms with Crippen molar-refractivity contribution in [1.29, 1.82) is 0 Å². The number of hydrogen-bond acceptors (Lipinski definition) is 5. The summed E-state index contributed by atoms with van der Waals surface area (Å²) in [5, 5.41) is 8.24. The third-order valence-corrected chi connectivity index (χ3v) is 3.42. The Morgan fingerprint density at radius 2 is 1.83 bits per heavy atom. The number of benzene rings is 1. The third-order valence-electron chi connectivity index (χ3n) is 3.42. The molecule has 1 aliphatic rings. The van der Waals surface area contributed by atoms with Gasteiger partial charge in [-0.1, -0.05) is 0 Å². The fraction of sp³-hybridized carbons (Fsp3) is 0.400. The molecule has 0 spiro atoms. The van der Waals surface area contributed by atoms with Gasteiger partial charge in [-0.2, -0.15) is 8.78 Å². The molecule has 1 saturated carbocycles. The first-order valence-corrected chi connectivity index (χ1v) is 7.01. The summed E-state index contributed by atoms with van der Waals surface area (Å²) in [4.78, 5) is 33.3. The Labute approximate surface area is 134 Å². The highest BCUT2D eigenvalue weighted by Gasteiger charge is 2.43. The first-order valence-electron chi connectivity index (χ1n) is 7.01. The highest BCUT2D eigenvalue weighted by molar-refractivity contribution is 5.90. The van der Waals surface area contributed by atoms with E-state index < -0.39 is 35.7 Å². The zero-order valence-corrected chi connectivity index (χ0v) is 12.3. The Bertz CT molecular complexity index is 663. The van der Waals surface area contributed by atoms with E-state index >= 15 is 0 Å². The van der Waals surface area contributed by atoms with Gasteiger partial charge in [-0.05, 0) is 31.0 Å². The molecule has 1 aliphatic carbocycles. The number of halogens is 3. The molecule has 0 aliphatic heterocycles. The van der Waals surface area contributed by atoms with Crippen LogP contribution in [0.1, 0.15) is 36.0 Å². The Kier molecular flexibility index (Phi) is 5.10. The van der Waals surface area contributed by atoms with E-state index in [-0.39, 0.29) is 11.3 Å². The van der Waals surface area contributed by atoms with Crippen LogP contribution in [0.2, 0.25) is 0 Å². The summed E-state index contributed by atoms with van der Waals surface area (Å²) in [5.41, 5.74) is -0.240. The summed E-state index contributed by atoms with van der Waals surface area (Å²) < 4.78 is 48.5. The van der Waals surface area contributed by atoms with E-state index in [1.807, 2.05) is 0 Å². The molecule has 130 valence electrons. The molecule has 2 rings (SSSR count). The number of carboxylic acid groups (broad SMARTS) is 1. The monoisotopic (exact) mass is 346 g/mol. The predicted molar refractivity (Wildman–Crippen MR) is 72.3 cm³/mol. The number of esters is 1. The Hall–Kier alpha value is -2.58. The third kappa shape index (κ3) is 4.24. The molecule has 0 radical (unpaired) electrons. The van der Waals surface area contributed by atoms with Gasteiger partial charge in [0.05, 0.1) is 5.56 Å². The number of carbonyl (C=O) groups is 3. The maximum atomic E-state index is 13.7. The number of hydrogen-bond donors (Lipinski definition) is 1. The number of ether oxygens (including phenoxy) is 2. The van der Waals surface area contributed by atoms with Gasteiger partial charge in [0.15, 0.2) is 11.6 Å². The number of aliphatic carboxylic acids is 1. The molecule has 1 aromatic carbocycles. The van der Waals surface area contributed by atoms with Crippen molar-refractivity contribution >= 4 is 17.7 Å². The predicted octanol–water partition coefficient (Wildman–Crippen LogP) is 2.55. The molecule has 0 aromatic heterocycles. The number of Topliss-reactive ketones (excluding diaryl/α,β-unsaturated/α-hetero) is 1. The first kappa shape index (κ1) is 17.8. The van der Waals surface area contributed by atoms with Crippen LogP contribution < -0.4 is 4.74 Å². The number of carbonyl (C=O) groups excluding carboxylic acids is 2. The van der Waals surface area contributed by atoms with Crippen LogP contribution in [-0.2, 0) is 14.3 Å². The van der Waals surface area contributed by atoms with Crippen molar-refractivity contribution < 1.29 is 42.1 Å². The molecule has 0 heterocycles. The number of carboxylic acids is 1. The molecule has 1 fully saturated rings. The second kappa shape index (κ2) is 6.90. The van der Waals surface area contributed by atoms with Crippen molar-refractivity contribution in [2.45, 2.75) is 37.9 Å². The quantitative estimate of drug-likeness (QED) is 0.824. The van der Waals surface area contributed by atoms with Crippen LogP contribution in [0.25, 0.3) is 0 Å². The topological polar surface area (TPSA) is 89.9 Å². The molecular weight excluding hydrogens is 333 g/mol. The Morgan fingerprint density at radius 3 is 2.38 bits per heavy atom. The Morgan fingerprint density at radius 1 is 1.21 bits per heavy atom. The van der Waals surface area contributed by atoms with Gasteiger partial charge >= 0.3 is 18.0 Å². The van der Waals surface area contributed by atoms with E-state index in [0.717, 1.165) is 6.07 Å². The van der Waals surface area contributed by atoms with Gasteiger partial charge in [0.2, 0.25) is 0 Å². The highest BCUT2D eigenvalue weighted by atomic mass is 19.3. The van der Waals surface area contributed by atoms with E-state index in [1.54, 1.807) is 0 Å². The molecule has 0 amide bonds. The number of alkyl halides is 2. The molecule has 0 bridgehead atoms. The van der Waals surface area contributed by atoms with Gasteiger partial charge in [0.25, 0.3) is 0 Å². The van der Waals surface area contributed by atoms with Crippen molar-refractivity contribution in [2.75, 3.05) is 0 Å². The summed E-state index contributed by atoms with van der Waals surface area (Å²) in [5.74, 6) is -5.71. The molecule has 0 atom stereocenters. The molecule has 1 aromatic rings. The zero-order chi connectivity index (χ0) is 17.9. The average molecular weight is 346 g/mol. The van der Waals surface area contributed by atoms with Crippen molar-refractivity contribution in [3.63, 3.8) is 0 Å². The standard InChI is InChI=1S/C15H13F3O6/c16-11-7-8(1-6-12(11)24-15(17,18)14(21)22)13(20)23-10-4-2-9(19)3-5-10/h1,6-7,10H,2-5H2,(H,21,22). The molecule has 6 nitrogen and oxygen atoms in total. The molecule has 24 heavy (non-hydrogen) atoms. The van der Waals surface area contributed by atoms with Gasteiger partial charge in [0.1, 0.15) is 11.9 Å². The lowest BCUT2D eigenvalue weighted by atomic mass is 9.96. The minimum atomic E-state index is -4.60. The summed E-state index contributed by atoms with van der Waals surface area (Å²) >= 11 is 0. The van der Waals surface area contributed by atoms with Crippen LogP contribution in [-0.4, -0.2) is 35.0 Å². The van der Waals surface area contributed by atoms with Crippen molar-refractivity contribution in [2.24, 2.45) is 0 Å². The lowest BCUT2D eigenvalue weighted by molar-refractivity contribution is -0.211. The first-order chi connectivity index (χ1) is 11.2. The summed E-state index contributed by atoms with van der Waals surface area (Å²) in [7, 11) is 0. The second-order valence-corrected chi connectivity index (χ2v) is 5.21. The zero-order valence-electron chi connectivity index (χ0n) is 12.3. The van der Waals surface area contributed by atoms with Crippen LogP contribution in [0, 0.1) is 5.82 Å². The fourth-order valence-corrected chi connectivity index (χ4v) is 2.14. The molecule has 0 unspecified atom stereocenters. The van der Waals surface area contributed by atoms with Gasteiger partial charge in [-0.15, -0.1) is 0 Å². The number of rotatable bonds is 5. The number of ketones is 1. The van der Waals surface area contributed by atoms with E-state index in [1.165, 1.54) is 0 Å². The fourth-order valence-electron chi connectivity index (χ4n) is 2.14. The van der Waals surface area contributed by atoms with Crippen LogP contribution in [0.3, 0.4) is 0 Å². The van der Waals surface area contributed by atoms with Gasteiger partial charge < -0.3 is 14.6 Å². The summed E-state index contributed by atoms with van der Waals surface area (Å²) in [6.45, 7) is 0. The van der Waals surface area contributed by atoms with E-state index in [9.17, 15) is 27.6 Å². The lowest BCUT2D eigenvalue weighted by Gasteiger charge is -2.21. The minimum absolute atomic E-state index is 0.0780. The molecular formula is C15H13F3O6. The average Bonchev–Trinajstić information content (AvgIpc) is 2.51. The van der Waals surface area contributed by atoms with Crippen molar-refractivity contribution in [3.8, 4) is 5.75 Å². The highest BCUT2D eigenvalue weighted by Crippen LogP contribution is 2.26. The second-order valence-electron chi connectivity index (χ2n) is 5.21. The maximum absolute atomic E-state index is 13.7. The smallest absolute Gasteiger partial charge is 0.474 e. The summed E-state index contributed by atoms with van der Waals surface area (Å²) in [6, 6.07) is 2.31. The Balaban J connectivity index is 2.04. The van der Waals surface area contributed by atoms with Gasteiger partial charge in [-0.25, -0.2) is 14.0 Å². The van der Waals surface area contributed by atoms with Crippen LogP contribution in [0.5, 0.6) is 5.75 Å². The minimum Gasteiger partial charge on any atom is -0.474 e.